The highest BCUT2D eigenvalue weighted by Crippen LogP contribution is 2.33. The molecule has 3 aromatic rings. The molecule has 0 fully saturated rings. The minimum Gasteiger partial charge on any atom is -0.338 e. The molecule has 0 bridgehead atoms. The summed E-state index contributed by atoms with van der Waals surface area (Å²) in [5.41, 5.74) is 3.67. The predicted octanol–water partition coefficient (Wildman–Crippen LogP) is 2.46. The molecule has 0 spiro atoms. The van der Waals surface area contributed by atoms with Crippen LogP contribution in [0, 0.1) is 0 Å². The van der Waals surface area contributed by atoms with Crippen LogP contribution in [-0.4, -0.2) is 44.9 Å². The molecule has 5 rings (SSSR count). The molecule has 31 heavy (non-hydrogen) atoms. The minimum atomic E-state index is -0.327. The van der Waals surface area contributed by atoms with Gasteiger partial charge in [0.05, 0.1) is 22.4 Å². The quantitative estimate of drug-likeness (QED) is 0.599. The summed E-state index contributed by atoms with van der Waals surface area (Å²) in [5.74, 6) is 1.18. The first-order valence-corrected chi connectivity index (χ1v) is 10.6. The number of hydrogen-bond donors (Lipinski definition) is 3. The fourth-order valence-electron chi connectivity index (χ4n) is 4.08. The third-order valence-corrected chi connectivity index (χ3v) is 5.53. The molecule has 3 N–H and O–H groups in total. The van der Waals surface area contributed by atoms with Crippen LogP contribution in [0.15, 0.2) is 28.1 Å². The summed E-state index contributed by atoms with van der Waals surface area (Å²) in [6.45, 7) is 3.84. The highest BCUT2D eigenvalue weighted by Gasteiger charge is 2.20. The number of H-pyrrole nitrogens is 1. The number of amides is 2. The van der Waals surface area contributed by atoms with Crippen LogP contribution in [0.1, 0.15) is 32.0 Å². The van der Waals surface area contributed by atoms with Crippen molar-refractivity contribution in [3.63, 3.8) is 0 Å². The van der Waals surface area contributed by atoms with Crippen LogP contribution in [0.4, 0.5) is 16.4 Å². The number of hydrazone groups is 1. The van der Waals surface area contributed by atoms with Gasteiger partial charge in [0.15, 0.2) is 0 Å². The molecule has 10 nitrogen and oxygen atoms in total. The Morgan fingerprint density at radius 3 is 2.90 bits per heavy atom. The number of nitrogens with zero attached hydrogens (tertiary/aromatic N) is 5. The monoisotopic (exact) mass is 420 g/mol. The number of aryl methyl sites for hydroxylation is 1. The van der Waals surface area contributed by atoms with Crippen molar-refractivity contribution in [2.45, 2.75) is 39.2 Å². The number of fused-ring (bicyclic) bond motifs is 2. The van der Waals surface area contributed by atoms with Crippen molar-refractivity contribution >= 4 is 34.9 Å². The lowest BCUT2D eigenvalue weighted by molar-refractivity contribution is 0.252. The molecule has 2 aliphatic rings. The third-order valence-electron chi connectivity index (χ3n) is 5.53. The fourth-order valence-corrected chi connectivity index (χ4v) is 4.08. The van der Waals surface area contributed by atoms with Crippen LogP contribution in [-0.2, 0) is 13.0 Å². The Bertz CT molecular complexity index is 1240. The number of anilines is 2. The highest BCUT2D eigenvalue weighted by atomic mass is 16.2. The van der Waals surface area contributed by atoms with Gasteiger partial charge in [-0.05, 0) is 31.9 Å². The second kappa shape index (κ2) is 7.86. The summed E-state index contributed by atoms with van der Waals surface area (Å²) < 4.78 is 1.76. The van der Waals surface area contributed by atoms with E-state index in [0.717, 1.165) is 61.4 Å². The molecule has 0 radical (unpaired) electrons. The fraction of sp³-hybridized carbons (Fsp3) is 0.381. The Labute approximate surface area is 178 Å². The zero-order valence-electron chi connectivity index (χ0n) is 17.3. The van der Waals surface area contributed by atoms with Crippen LogP contribution in [0.5, 0.6) is 0 Å². The molecule has 4 heterocycles. The van der Waals surface area contributed by atoms with Crippen molar-refractivity contribution in [2.24, 2.45) is 5.10 Å². The molecule has 10 heteroatoms. The van der Waals surface area contributed by atoms with Crippen molar-refractivity contribution < 1.29 is 4.79 Å². The maximum absolute atomic E-state index is 12.7. The lowest BCUT2D eigenvalue weighted by Crippen LogP contribution is -2.28. The topological polar surface area (TPSA) is 120 Å². The van der Waals surface area contributed by atoms with E-state index >= 15 is 0 Å². The molecule has 0 saturated heterocycles. The van der Waals surface area contributed by atoms with Gasteiger partial charge in [0.1, 0.15) is 5.82 Å². The standard InChI is InChI=1S/C21H24N8O2/c1-2-22-21(31)27-20-25-15-10-13(11-16(19(15)26-20)29-9-5-7-23-29)14-12-18(30)28-8-4-3-6-17(28)24-14/h7,10-12H,2-6,8-9H2,1H3,(H3,22,25,26,27,31). The Morgan fingerprint density at radius 1 is 1.19 bits per heavy atom. The minimum absolute atomic E-state index is 0.0267. The van der Waals surface area contributed by atoms with E-state index in [1.54, 1.807) is 10.6 Å². The first-order valence-electron chi connectivity index (χ1n) is 10.6. The predicted molar refractivity (Wildman–Crippen MR) is 120 cm³/mol. The maximum atomic E-state index is 12.7. The van der Waals surface area contributed by atoms with Crippen molar-refractivity contribution in [2.75, 3.05) is 23.4 Å². The molecule has 2 amide bonds. The van der Waals surface area contributed by atoms with E-state index in [0.29, 0.717) is 23.7 Å². The lowest BCUT2D eigenvalue weighted by atomic mass is 10.1. The van der Waals surface area contributed by atoms with Crippen molar-refractivity contribution in [1.29, 1.82) is 0 Å². The molecular formula is C21H24N8O2. The van der Waals surface area contributed by atoms with Crippen LogP contribution in [0.25, 0.3) is 22.3 Å². The first kappa shape index (κ1) is 19.3. The summed E-state index contributed by atoms with van der Waals surface area (Å²) in [7, 11) is 0. The summed E-state index contributed by atoms with van der Waals surface area (Å²) in [4.78, 5) is 37.1. The van der Waals surface area contributed by atoms with Crippen LogP contribution in [0.2, 0.25) is 0 Å². The number of carbonyl (C=O) groups excluding carboxylic acids is 1. The SMILES string of the molecule is CCNC(=O)Nc1nc2cc(-c3cc(=O)n4c(n3)CCCC4)cc(N3CCC=N3)c2[nH]1. The van der Waals surface area contributed by atoms with Gasteiger partial charge in [-0.3, -0.25) is 19.7 Å². The van der Waals surface area contributed by atoms with E-state index in [9.17, 15) is 9.59 Å². The third kappa shape index (κ3) is 3.65. The summed E-state index contributed by atoms with van der Waals surface area (Å²) in [5, 5.41) is 11.8. The van der Waals surface area contributed by atoms with Gasteiger partial charge in [-0.15, -0.1) is 0 Å². The molecule has 0 saturated carbocycles. The van der Waals surface area contributed by atoms with E-state index in [1.165, 1.54) is 0 Å². The van der Waals surface area contributed by atoms with Gasteiger partial charge in [0.25, 0.3) is 5.56 Å². The highest BCUT2D eigenvalue weighted by molar-refractivity contribution is 5.97. The number of nitrogens with one attached hydrogen (secondary N) is 3. The van der Waals surface area contributed by atoms with E-state index in [4.69, 9.17) is 4.98 Å². The summed E-state index contributed by atoms with van der Waals surface area (Å²) >= 11 is 0. The molecule has 0 atom stereocenters. The number of imidazole rings is 1. The Kier molecular flexibility index (Phi) is 4.89. The second-order valence-corrected chi connectivity index (χ2v) is 7.67. The molecule has 1 aromatic carbocycles. The van der Waals surface area contributed by atoms with Crippen molar-refractivity contribution in [3.05, 3.63) is 34.4 Å². The molecule has 0 unspecified atom stereocenters. The second-order valence-electron chi connectivity index (χ2n) is 7.67. The molecular weight excluding hydrogens is 396 g/mol. The largest absolute Gasteiger partial charge is 0.338 e. The number of hydrogen-bond acceptors (Lipinski definition) is 6. The van der Waals surface area contributed by atoms with E-state index in [1.807, 2.05) is 30.3 Å². The van der Waals surface area contributed by atoms with Crippen LogP contribution in [0.3, 0.4) is 0 Å². The summed E-state index contributed by atoms with van der Waals surface area (Å²) in [6, 6.07) is 5.13. The number of rotatable bonds is 4. The Morgan fingerprint density at radius 2 is 2.10 bits per heavy atom. The van der Waals surface area contributed by atoms with Crippen molar-refractivity contribution in [1.82, 2.24) is 24.8 Å². The van der Waals surface area contributed by atoms with Gasteiger partial charge >= 0.3 is 6.03 Å². The van der Waals surface area contributed by atoms with Gasteiger partial charge in [-0.1, -0.05) is 0 Å². The van der Waals surface area contributed by atoms with Gasteiger partial charge in [-0.25, -0.2) is 14.8 Å². The molecule has 2 aliphatic heterocycles. The molecule has 160 valence electrons. The van der Waals surface area contributed by atoms with E-state index in [-0.39, 0.29) is 11.6 Å². The lowest BCUT2D eigenvalue weighted by Gasteiger charge is -2.19. The Hall–Kier alpha value is -3.69. The number of carbonyl (C=O) groups is 1. The Balaban J connectivity index is 1.62. The summed E-state index contributed by atoms with van der Waals surface area (Å²) in [6.07, 6.45) is 5.56. The van der Waals surface area contributed by atoms with Gasteiger partial charge in [0, 0.05) is 50.3 Å². The van der Waals surface area contributed by atoms with Gasteiger partial charge in [-0.2, -0.15) is 5.10 Å². The number of urea groups is 1. The average molecular weight is 420 g/mol. The van der Waals surface area contributed by atoms with E-state index < -0.39 is 0 Å². The first-order chi connectivity index (χ1) is 15.1. The number of aromatic nitrogens is 4. The molecule has 2 aromatic heterocycles. The normalized spacial score (nSPS) is 15.3. The average Bonchev–Trinajstić information content (AvgIpc) is 3.43. The van der Waals surface area contributed by atoms with Gasteiger partial charge in [0.2, 0.25) is 5.95 Å². The zero-order valence-corrected chi connectivity index (χ0v) is 17.3. The number of aromatic amines is 1. The van der Waals surface area contributed by atoms with Gasteiger partial charge < -0.3 is 10.3 Å². The van der Waals surface area contributed by atoms with Crippen LogP contribution < -0.4 is 21.2 Å². The number of benzene rings is 1. The molecule has 0 aliphatic carbocycles. The van der Waals surface area contributed by atoms with Crippen molar-refractivity contribution in [3.8, 4) is 11.3 Å². The smallest absolute Gasteiger partial charge is 0.321 e. The zero-order chi connectivity index (χ0) is 21.4. The van der Waals surface area contributed by atoms with Crippen LogP contribution >= 0.6 is 0 Å². The van der Waals surface area contributed by atoms with E-state index in [2.05, 4.69) is 25.7 Å². The maximum Gasteiger partial charge on any atom is 0.321 e.